The largest absolute Gasteiger partial charge is 0.490 e. The van der Waals surface area contributed by atoms with Crippen LogP contribution < -0.4 is 20.5 Å². The van der Waals surface area contributed by atoms with Gasteiger partial charge in [-0.05, 0) is 143 Å². The first-order valence-corrected chi connectivity index (χ1v) is 23.2. The standard InChI is InChI=1S/C29H35F6NO5.C21H23F6NO3/c1-25(2,3)41-24(37)36-27(15-38-26(4,5)39-16-27)19-9-12-21-17(14-19)6-13-22(23(21)29(33,34)35)40-20-10-7-18(8-11-20)28(30,31)32;22-20(23,24)13-2-5-15(6-3-13)31-17-8-1-12-9-14(19(28,10-29)11-30)4-7-16(12)18(17)21(25,26)27/h6,9,12-14,18,20H,7-8,10-11,15-16H2,1-5H3,(H,36,37);1,4,7-9,13,15,29-30H,2-3,5-6,10-11,28H2. The predicted octanol–water partition coefficient (Wildman–Crippen LogP) is 12.4. The molecule has 5 N–H and O–H groups in total. The fourth-order valence-electron chi connectivity index (χ4n) is 9.10. The van der Waals surface area contributed by atoms with Crippen LogP contribution >= 0.6 is 0 Å². The summed E-state index contributed by atoms with van der Waals surface area (Å²) in [7, 11) is 0. The number of carbonyl (C=O) groups excluding carboxylic acids is 1. The van der Waals surface area contributed by atoms with Gasteiger partial charge in [0.25, 0.3) is 0 Å². The fraction of sp³-hybridized carbons (Fsp3) is 0.580. The van der Waals surface area contributed by atoms with Gasteiger partial charge in [-0.15, -0.1) is 0 Å². The molecule has 4 aromatic rings. The number of amides is 1. The van der Waals surface area contributed by atoms with Gasteiger partial charge >= 0.3 is 30.8 Å². The topological polar surface area (TPSA) is 142 Å². The molecule has 3 fully saturated rings. The monoisotopic (exact) mass is 1040 g/mol. The van der Waals surface area contributed by atoms with Crippen LogP contribution in [0.4, 0.5) is 57.5 Å². The lowest BCUT2D eigenvalue weighted by atomic mass is 9.86. The molecular weight excluding hydrogens is 985 g/mol. The lowest BCUT2D eigenvalue weighted by Gasteiger charge is -2.44. The van der Waals surface area contributed by atoms with Gasteiger partial charge in [-0.2, -0.15) is 52.7 Å². The van der Waals surface area contributed by atoms with Crippen molar-refractivity contribution < 1.29 is 91.4 Å². The highest BCUT2D eigenvalue weighted by Gasteiger charge is 2.47. The molecule has 0 radical (unpaired) electrons. The van der Waals surface area contributed by atoms with E-state index in [1.54, 1.807) is 34.6 Å². The van der Waals surface area contributed by atoms with E-state index >= 15 is 0 Å². The summed E-state index contributed by atoms with van der Waals surface area (Å²) in [4.78, 5) is 12.8. The van der Waals surface area contributed by atoms with Gasteiger partial charge in [0.2, 0.25) is 0 Å². The quantitative estimate of drug-likeness (QED) is 0.121. The maximum atomic E-state index is 14.4. The summed E-state index contributed by atoms with van der Waals surface area (Å²) in [5.41, 5.74) is 1.01. The molecular formula is C50H58F12N2O8. The maximum Gasteiger partial charge on any atom is 0.420 e. The Morgan fingerprint density at radius 1 is 0.639 bits per heavy atom. The van der Waals surface area contributed by atoms with Gasteiger partial charge in [0.05, 0.1) is 56.0 Å². The Morgan fingerprint density at radius 2 is 1.06 bits per heavy atom. The number of fused-ring (bicyclic) bond motifs is 2. The van der Waals surface area contributed by atoms with Crippen molar-refractivity contribution in [2.24, 2.45) is 17.6 Å². The smallest absolute Gasteiger partial charge is 0.420 e. The van der Waals surface area contributed by atoms with Gasteiger partial charge < -0.3 is 44.9 Å². The van der Waals surface area contributed by atoms with Gasteiger partial charge in [0, 0.05) is 0 Å². The van der Waals surface area contributed by atoms with Crippen LogP contribution in [0.1, 0.15) is 108 Å². The minimum absolute atomic E-state index is 0.00759. The third kappa shape index (κ3) is 13.5. The summed E-state index contributed by atoms with van der Waals surface area (Å²) >= 11 is 0. The van der Waals surface area contributed by atoms with E-state index in [-0.39, 0.29) is 91.7 Å². The average Bonchev–Trinajstić information content (AvgIpc) is 3.27. The molecule has 72 heavy (non-hydrogen) atoms. The number of benzene rings is 4. The molecule has 400 valence electrons. The molecule has 22 heteroatoms. The predicted molar refractivity (Wildman–Crippen MR) is 240 cm³/mol. The van der Waals surface area contributed by atoms with Gasteiger partial charge in [-0.25, -0.2) is 4.79 Å². The molecule has 10 nitrogen and oxygen atoms in total. The lowest BCUT2D eigenvalue weighted by Crippen LogP contribution is -2.59. The number of aliphatic hydroxyl groups is 2. The molecule has 1 heterocycles. The first-order chi connectivity index (χ1) is 33.2. The Bertz CT molecular complexity index is 2510. The molecule has 2 aliphatic carbocycles. The van der Waals surface area contributed by atoms with E-state index in [0.29, 0.717) is 5.56 Å². The van der Waals surface area contributed by atoms with Crippen LogP contribution in [0.2, 0.25) is 0 Å². The molecule has 0 atom stereocenters. The molecule has 1 aliphatic heterocycles. The number of alkyl halides is 12. The van der Waals surface area contributed by atoms with E-state index < -0.39 is 113 Å². The molecule has 1 saturated heterocycles. The molecule has 3 aliphatic rings. The number of halogens is 12. The third-order valence-corrected chi connectivity index (χ3v) is 13.2. The van der Waals surface area contributed by atoms with Crippen LogP contribution in [0.3, 0.4) is 0 Å². The molecule has 7 rings (SSSR count). The van der Waals surface area contributed by atoms with E-state index in [9.17, 15) is 67.7 Å². The summed E-state index contributed by atoms with van der Waals surface area (Å²) < 4.78 is 191. The second-order valence-corrected chi connectivity index (χ2v) is 20.2. The Hall–Kier alpha value is -4.77. The number of alkyl carbamates (subject to hydrolysis) is 1. The zero-order valence-electron chi connectivity index (χ0n) is 40.0. The summed E-state index contributed by atoms with van der Waals surface area (Å²) in [5, 5.41) is 21.7. The van der Waals surface area contributed by atoms with E-state index in [1.807, 2.05) is 0 Å². The number of rotatable bonds is 9. The number of nitrogens with two attached hydrogens (primary N) is 1. The molecule has 2 saturated carbocycles. The zero-order chi connectivity index (χ0) is 53.5. The normalized spacial score (nSPS) is 22.2. The van der Waals surface area contributed by atoms with E-state index in [1.165, 1.54) is 54.6 Å². The molecule has 4 aromatic carbocycles. The highest BCUT2D eigenvalue weighted by molar-refractivity contribution is 5.90. The Kier molecular flexibility index (Phi) is 16.4. The highest BCUT2D eigenvalue weighted by Crippen LogP contribution is 2.47. The van der Waals surface area contributed by atoms with Gasteiger partial charge in [0.1, 0.15) is 33.8 Å². The molecule has 1 amide bonds. The van der Waals surface area contributed by atoms with Gasteiger partial charge in [-0.1, -0.05) is 36.4 Å². The number of aliphatic hydroxyl groups excluding tert-OH is 2. The number of nitrogens with one attached hydrogen (secondary N) is 1. The van der Waals surface area contributed by atoms with Crippen LogP contribution in [-0.4, -0.2) is 78.7 Å². The molecule has 0 spiro atoms. The summed E-state index contributed by atoms with van der Waals surface area (Å²) in [5.74, 6) is -4.74. The van der Waals surface area contributed by atoms with Crippen LogP contribution in [0, 0.1) is 11.8 Å². The van der Waals surface area contributed by atoms with Gasteiger partial charge in [0.15, 0.2) is 5.79 Å². The molecule has 0 bridgehead atoms. The third-order valence-electron chi connectivity index (χ3n) is 13.2. The van der Waals surface area contributed by atoms with Crippen LogP contribution in [0.5, 0.6) is 11.5 Å². The van der Waals surface area contributed by atoms with Crippen LogP contribution in [0.15, 0.2) is 60.7 Å². The lowest BCUT2D eigenvalue weighted by molar-refractivity contribution is -0.272. The second-order valence-electron chi connectivity index (χ2n) is 20.2. The van der Waals surface area contributed by atoms with Crippen molar-refractivity contribution in [1.82, 2.24) is 5.32 Å². The number of carbonyl (C=O) groups is 1. The Labute approximate surface area is 407 Å². The number of hydrogen-bond donors (Lipinski definition) is 4. The summed E-state index contributed by atoms with van der Waals surface area (Å²) in [6.07, 6.45) is -21.2. The van der Waals surface area contributed by atoms with Crippen molar-refractivity contribution in [3.05, 3.63) is 82.9 Å². The van der Waals surface area contributed by atoms with Crippen molar-refractivity contribution in [2.45, 2.75) is 145 Å². The minimum atomic E-state index is -4.80. The second kappa shape index (κ2) is 20.9. The van der Waals surface area contributed by atoms with Crippen molar-refractivity contribution in [2.75, 3.05) is 26.4 Å². The van der Waals surface area contributed by atoms with Crippen molar-refractivity contribution in [3.63, 3.8) is 0 Å². The Morgan fingerprint density at radius 3 is 1.44 bits per heavy atom. The summed E-state index contributed by atoms with van der Waals surface area (Å²) in [6.45, 7) is 7.24. The fourth-order valence-corrected chi connectivity index (χ4v) is 9.10. The number of ether oxygens (including phenoxy) is 5. The van der Waals surface area contributed by atoms with Crippen molar-refractivity contribution in [1.29, 1.82) is 0 Å². The number of hydrogen-bond acceptors (Lipinski definition) is 9. The highest BCUT2D eigenvalue weighted by atomic mass is 19.4. The van der Waals surface area contributed by atoms with Crippen molar-refractivity contribution in [3.8, 4) is 11.5 Å². The Balaban J connectivity index is 0.000000245. The van der Waals surface area contributed by atoms with Crippen molar-refractivity contribution >= 4 is 27.6 Å². The van der Waals surface area contributed by atoms with Crippen LogP contribution in [-0.2, 0) is 37.6 Å². The first-order valence-electron chi connectivity index (χ1n) is 23.2. The van der Waals surface area contributed by atoms with Gasteiger partial charge in [-0.3, -0.25) is 0 Å². The zero-order valence-corrected chi connectivity index (χ0v) is 40.0. The molecule has 0 aromatic heterocycles. The van der Waals surface area contributed by atoms with E-state index in [2.05, 4.69) is 5.32 Å². The van der Waals surface area contributed by atoms with E-state index in [4.69, 9.17) is 29.4 Å². The average molecular weight is 1040 g/mol. The molecule has 0 unspecified atom stereocenters. The van der Waals surface area contributed by atoms with Crippen LogP contribution in [0.25, 0.3) is 21.5 Å². The summed E-state index contributed by atoms with van der Waals surface area (Å²) in [6, 6.07) is 13.3. The first kappa shape index (κ1) is 56.5. The van der Waals surface area contributed by atoms with E-state index in [0.717, 1.165) is 6.07 Å². The SMILES string of the molecule is CC(C)(C)OC(=O)NC1(c2ccc3c(C(F)(F)F)c(OC4CCC(C(F)(F)F)CC4)ccc3c2)COC(C)(C)OC1.NC(CO)(CO)c1ccc2c(C(F)(F)F)c(OC3CCC(C(F)(F)F)CC3)ccc2c1. The minimum Gasteiger partial charge on any atom is -0.490 e. The maximum absolute atomic E-state index is 14.4.